The van der Waals surface area contributed by atoms with Crippen molar-refractivity contribution < 1.29 is 13.6 Å². The molecule has 0 unspecified atom stereocenters. The third-order valence-electron chi connectivity index (χ3n) is 5.56. The number of benzene rings is 2. The fraction of sp³-hybridized carbons (Fsp3) is 0.333. The highest BCUT2D eigenvalue weighted by Gasteiger charge is 2.22. The van der Waals surface area contributed by atoms with Crippen molar-refractivity contribution in [2.24, 2.45) is 5.92 Å². The van der Waals surface area contributed by atoms with Crippen LogP contribution in [0.4, 0.5) is 20.4 Å². The SMILES string of the molecule is CC1=C(c2ccc(NC(=O)c3cccc(F)c3F)cc2)CN(c2nnn(CC(C)C)n2)CC1. The van der Waals surface area contributed by atoms with Crippen LogP contribution in [0, 0.1) is 17.6 Å². The Kier molecular flexibility index (Phi) is 6.48. The van der Waals surface area contributed by atoms with Gasteiger partial charge in [-0.25, -0.2) is 8.78 Å². The summed E-state index contributed by atoms with van der Waals surface area (Å²) in [5.41, 5.74) is 3.62. The summed E-state index contributed by atoms with van der Waals surface area (Å²) in [6.07, 6.45) is 0.880. The topological polar surface area (TPSA) is 75.9 Å². The molecule has 0 aliphatic carbocycles. The summed E-state index contributed by atoms with van der Waals surface area (Å²) in [6, 6.07) is 10.8. The smallest absolute Gasteiger partial charge is 0.266 e. The minimum atomic E-state index is -1.16. The van der Waals surface area contributed by atoms with E-state index >= 15 is 0 Å². The van der Waals surface area contributed by atoms with E-state index in [2.05, 4.69) is 46.4 Å². The molecule has 0 radical (unpaired) electrons. The minimum Gasteiger partial charge on any atom is -0.334 e. The molecular formula is C24H26F2N6O. The highest BCUT2D eigenvalue weighted by Crippen LogP contribution is 2.29. The van der Waals surface area contributed by atoms with Crippen LogP contribution in [-0.2, 0) is 6.54 Å². The molecular weight excluding hydrogens is 426 g/mol. The zero-order chi connectivity index (χ0) is 23.5. The summed E-state index contributed by atoms with van der Waals surface area (Å²) in [5.74, 6) is -1.87. The number of halogens is 2. The highest BCUT2D eigenvalue weighted by molar-refractivity contribution is 6.04. The Bertz CT molecular complexity index is 1190. The van der Waals surface area contributed by atoms with Gasteiger partial charge in [-0.2, -0.15) is 4.80 Å². The molecule has 0 fully saturated rings. The monoisotopic (exact) mass is 452 g/mol. The zero-order valence-corrected chi connectivity index (χ0v) is 18.8. The van der Waals surface area contributed by atoms with Gasteiger partial charge >= 0.3 is 0 Å². The van der Waals surface area contributed by atoms with Crippen molar-refractivity contribution in [3.8, 4) is 0 Å². The summed E-state index contributed by atoms with van der Waals surface area (Å²) in [7, 11) is 0. The van der Waals surface area contributed by atoms with Crippen molar-refractivity contribution in [1.82, 2.24) is 20.2 Å². The van der Waals surface area contributed by atoms with Crippen LogP contribution < -0.4 is 10.2 Å². The van der Waals surface area contributed by atoms with Gasteiger partial charge in [0.25, 0.3) is 11.9 Å². The van der Waals surface area contributed by atoms with Gasteiger partial charge in [0.1, 0.15) is 0 Å². The summed E-state index contributed by atoms with van der Waals surface area (Å²) < 4.78 is 27.3. The maximum atomic E-state index is 13.9. The Morgan fingerprint density at radius 3 is 2.64 bits per heavy atom. The van der Waals surface area contributed by atoms with E-state index in [1.807, 2.05) is 12.1 Å². The predicted octanol–water partition coefficient (Wildman–Crippen LogP) is 4.54. The molecule has 7 nitrogen and oxygen atoms in total. The van der Waals surface area contributed by atoms with Crippen molar-refractivity contribution in [2.45, 2.75) is 33.7 Å². The number of carbonyl (C=O) groups is 1. The van der Waals surface area contributed by atoms with Crippen molar-refractivity contribution in [1.29, 1.82) is 0 Å². The Balaban J connectivity index is 1.47. The molecule has 1 amide bonds. The van der Waals surface area contributed by atoms with E-state index in [1.54, 1.807) is 16.9 Å². The Morgan fingerprint density at radius 1 is 1.15 bits per heavy atom. The van der Waals surface area contributed by atoms with Gasteiger partial charge in [0.05, 0.1) is 12.1 Å². The standard InChI is InChI=1S/C24H26F2N6O/c1-15(2)13-32-29-24(28-30-32)31-12-11-16(3)20(14-31)17-7-9-18(10-8-17)27-23(33)19-5-4-6-21(25)22(19)26/h4-10,15H,11-14H2,1-3H3,(H,27,33). The Hall–Kier alpha value is -3.62. The molecule has 1 aliphatic heterocycles. The van der Waals surface area contributed by atoms with Gasteiger partial charge in [0.2, 0.25) is 0 Å². The van der Waals surface area contributed by atoms with Gasteiger partial charge in [-0.05, 0) is 59.9 Å². The van der Waals surface area contributed by atoms with Crippen LogP contribution in [0.5, 0.6) is 0 Å². The van der Waals surface area contributed by atoms with Gasteiger partial charge in [-0.3, -0.25) is 4.79 Å². The molecule has 9 heteroatoms. The van der Waals surface area contributed by atoms with E-state index in [-0.39, 0.29) is 5.56 Å². The fourth-order valence-corrected chi connectivity index (χ4v) is 3.76. The van der Waals surface area contributed by atoms with Gasteiger partial charge in [0, 0.05) is 18.8 Å². The van der Waals surface area contributed by atoms with Crippen LogP contribution in [0.3, 0.4) is 0 Å². The zero-order valence-electron chi connectivity index (χ0n) is 18.8. The normalized spacial score (nSPS) is 14.2. The van der Waals surface area contributed by atoms with Gasteiger partial charge in [-0.15, -0.1) is 5.10 Å². The largest absolute Gasteiger partial charge is 0.334 e. The summed E-state index contributed by atoms with van der Waals surface area (Å²) in [5, 5.41) is 15.5. The van der Waals surface area contributed by atoms with E-state index in [1.165, 1.54) is 17.7 Å². The van der Waals surface area contributed by atoms with E-state index < -0.39 is 17.5 Å². The van der Waals surface area contributed by atoms with Gasteiger partial charge in [0.15, 0.2) is 11.6 Å². The molecule has 0 bridgehead atoms. The molecule has 0 atom stereocenters. The Labute approximate surface area is 191 Å². The molecule has 33 heavy (non-hydrogen) atoms. The van der Waals surface area contributed by atoms with Gasteiger partial charge in [-0.1, -0.05) is 42.7 Å². The molecule has 0 saturated heterocycles. The first-order chi connectivity index (χ1) is 15.8. The molecule has 4 rings (SSSR count). The second-order valence-corrected chi connectivity index (χ2v) is 8.60. The lowest BCUT2D eigenvalue weighted by Crippen LogP contribution is -2.31. The number of hydrogen-bond acceptors (Lipinski definition) is 5. The van der Waals surface area contributed by atoms with Crippen molar-refractivity contribution in [3.05, 3.63) is 70.8 Å². The van der Waals surface area contributed by atoms with Crippen LogP contribution in [0.2, 0.25) is 0 Å². The molecule has 172 valence electrons. The van der Waals surface area contributed by atoms with E-state index in [0.29, 0.717) is 24.1 Å². The lowest BCUT2D eigenvalue weighted by atomic mass is 9.95. The quantitative estimate of drug-likeness (QED) is 0.594. The van der Waals surface area contributed by atoms with E-state index in [4.69, 9.17) is 0 Å². The minimum absolute atomic E-state index is 0.335. The lowest BCUT2D eigenvalue weighted by Gasteiger charge is -2.29. The van der Waals surface area contributed by atoms with E-state index in [0.717, 1.165) is 36.7 Å². The number of rotatable bonds is 6. The summed E-state index contributed by atoms with van der Waals surface area (Å²) >= 11 is 0. The number of nitrogens with one attached hydrogen (secondary N) is 1. The summed E-state index contributed by atoms with van der Waals surface area (Å²) in [4.78, 5) is 16.1. The van der Waals surface area contributed by atoms with Crippen LogP contribution in [0.1, 0.15) is 43.1 Å². The average molecular weight is 453 g/mol. The summed E-state index contributed by atoms with van der Waals surface area (Å²) in [6.45, 7) is 8.51. The molecule has 2 aromatic carbocycles. The first-order valence-corrected chi connectivity index (χ1v) is 10.9. The first-order valence-electron chi connectivity index (χ1n) is 10.9. The molecule has 1 aliphatic rings. The molecule has 1 N–H and O–H groups in total. The van der Waals surface area contributed by atoms with Crippen molar-refractivity contribution >= 4 is 23.1 Å². The van der Waals surface area contributed by atoms with Crippen molar-refractivity contribution in [3.63, 3.8) is 0 Å². The predicted molar refractivity (Wildman–Crippen MR) is 123 cm³/mol. The fourth-order valence-electron chi connectivity index (χ4n) is 3.76. The number of tetrazole rings is 1. The maximum absolute atomic E-state index is 13.9. The molecule has 0 spiro atoms. The maximum Gasteiger partial charge on any atom is 0.266 e. The third-order valence-corrected chi connectivity index (χ3v) is 5.56. The Morgan fingerprint density at radius 2 is 1.91 bits per heavy atom. The highest BCUT2D eigenvalue weighted by atomic mass is 19.2. The number of nitrogens with zero attached hydrogens (tertiary/aromatic N) is 5. The van der Waals surface area contributed by atoms with Crippen molar-refractivity contribution in [2.75, 3.05) is 23.3 Å². The molecule has 0 saturated carbocycles. The number of hydrogen-bond donors (Lipinski definition) is 1. The number of aromatic nitrogens is 4. The molecule has 1 aromatic heterocycles. The van der Waals surface area contributed by atoms with Crippen LogP contribution >= 0.6 is 0 Å². The van der Waals surface area contributed by atoms with Crippen LogP contribution in [0.15, 0.2) is 48.0 Å². The number of carbonyl (C=O) groups excluding carboxylic acids is 1. The second-order valence-electron chi connectivity index (χ2n) is 8.60. The average Bonchev–Trinajstić information content (AvgIpc) is 3.24. The first kappa shape index (κ1) is 22.6. The number of anilines is 2. The molecule has 2 heterocycles. The second kappa shape index (κ2) is 9.48. The van der Waals surface area contributed by atoms with Crippen LogP contribution in [0.25, 0.3) is 5.57 Å². The van der Waals surface area contributed by atoms with E-state index in [9.17, 15) is 13.6 Å². The third kappa shape index (κ3) is 5.08. The number of amides is 1. The van der Waals surface area contributed by atoms with Gasteiger partial charge < -0.3 is 10.2 Å². The van der Waals surface area contributed by atoms with Crippen LogP contribution in [-0.4, -0.2) is 39.2 Å². The lowest BCUT2D eigenvalue weighted by molar-refractivity contribution is 0.102. The molecule has 3 aromatic rings.